The lowest BCUT2D eigenvalue weighted by Crippen LogP contribution is -2.53. The van der Waals surface area contributed by atoms with Gasteiger partial charge >= 0.3 is 0 Å². The number of rotatable bonds is 6. The third-order valence-corrected chi connectivity index (χ3v) is 5.33. The largest absolute Gasteiger partial charge is 0.381 e. The predicted molar refractivity (Wildman–Crippen MR) is 82.1 cm³/mol. The number of hydrogen-bond donors (Lipinski definition) is 1. The van der Waals surface area contributed by atoms with E-state index in [1.807, 2.05) is 0 Å². The molecule has 3 fully saturated rings. The summed E-state index contributed by atoms with van der Waals surface area (Å²) in [4.78, 5) is 5.42. The van der Waals surface area contributed by atoms with Crippen LogP contribution in [-0.4, -0.2) is 74.9 Å². The van der Waals surface area contributed by atoms with Crippen molar-refractivity contribution in [2.75, 3.05) is 59.0 Å². The van der Waals surface area contributed by atoms with Gasteiger partial charge in [0.25, 0.3) is 0 Å². The smallest absolute Gasteiger partial charge is 0.0472 e. The first kappa shape index (κ1) is 14.8. The number of nitrogens with one attached hydrogen (secondary N) is 1. The predicted octanol–water partition coefficient (Wildman–Crippen LogP) is 1.17. The van der Waals surface area contributed by atoms with Crippen molar-refractivity contribution in [1.82, 2.24) is 15.1 Å². The summed E-state index contributed by atoms with van der Waals surface area (Å²) in [6.45, 7) is 12.7. The van der Waals surface area contributed by atoms with Crippen LogP contribution in [0.25, 0.3) is 0 Å². The molecule has 0 bridgehead atoms. The highest BCUT2D eigenvalue weighted by Crippen LogP contribution is 2.32. The molecule has 0 radical (unpaired) electrons. The minimum absolute atomic E-state index is 0.454. The van der Waals surface area contributed by atoms with E-state index in [2.05, 4.69) is 22.0 Å². The molecular formula is C16H31N3O. The molecule has 2 heterocycles. The highest BCUT2D eigenvalue weighted by atomic mass is 16.5. The molecular weight excluding hydrogens is 250 g/mol. The number of nitrogens with zero attached hydrogens (tertiary/aromatic N) is 2. The monoisotopic (exact) mass is 281 g/mol. The minimum atomic E-state index is 0.454. The molecule has 20 heavy (non-hydrogen) atoms. The van der Waals surface area contributed by atoms with E-state index < -0.39 is 0 Å². The van der Waals surface area contributed by atoms with Crippen LogP contribution in [0.3, 0.4) is 0 Å². The van der Waals surface area contributed by atoms with Crippen LogP contribution in [0.2, 0.25) is 0 Å². The van der Waals surface area contributed by atoms with Gasteiger partial charge in [-0.25, -0.2) is 0 Å². The highest BCUT2D eigenvalue weighted by molar-refractivity contribution is 4.91. The number of hydrogen-bond acceptors (Lipinski definition) is 4. The Morgan fingerprint density at radius 3 is 2.40 bits per heavy atom. The molecule has 4 nitrogen and oxygen atoms in total. The fraction of sp³-hybridized carbons (Fsp3) is 1.00. The van der Waals surface area contributed by atoms with Crippen molar-refractivity contribution in [2.45, 2.75) is 38.6 Å². The summed E-state index contributed by atoms with van der Waals surface area (Å²) >= 11 is 0. The van der Waals surface area contributed by atoms with Gasteiger partial charge < -0.3 is 15.0 Å². The van der Waals surface area contributed by atoms with E-state index in [-0.39, 0.29) is 0 Å². The summed E-state index contributed by atoms with van der Waals surface area (Å²) in [6, 6.07) is 0.941. The van der Waals surface area contributed by atoms with E-state index in [4.69, 9.17) is 4.74 Å². The molecule has 0 amide bonds. The van der Waals surface area contributed by atoms with E-state index in [9.17, 15) is 0 Å². The van der Waals surface area contributed by atoms with E-state index in [0.29, 0.717) is 5.41 Å². The van der Waals surface area contributed by atoms with Crippen molar-refractivity contribution >= 4 is 0 Å². The molecule has 2 aliphatic heterocycles. The molecule has 116 valence electrons. The van der Waals surface area contributed by atoms with Crippen molar-refractivity contribution in [2.24, 2.45) is 5.41 Å². The Kier molecular flexibility index (Phi) is 4.97. The summed E-state index contributed by atoms with van der Waals surface area (Å²) in [6.07, 6.45) is 5.34. The Bertz CT molecular complexity index is 292. The zero-order valence-corrected chi connectivity index (χ0v) is 13.1. The van der Waals surface area contributed by atoms with E-state index in [1.165, 1.54) is 58.4 Å². The average molecular weight is 281 g/mol. The number of ether oxygens (including phenoxy) is 1. The van der Waals surface area contributed by atoms with Crippen molar-refractivity contribution in [3.05, 3.63) is 0 Å². The molecule has 2 saturated heterocycles. The van der Waals surface area contributed by atoms with Gasteiger partial charge in [0.2, 0.25) is 0 Å². The molecule has 0 aromatic heterocycles. The van der Waals surface area contributed by atoms with Gasteiger partial charge in [-0.15, -0.1) is 0 Å². The zero-order valence-electron chi connectivity index (χ0n) is 13.1. The normalized spacial score (nSPS) is 28.6. The molecule has 1 aliphatic carbocycles. The lowest BCUT2D eigenvalue weighted by Gasteiger charge is -2.44. The molecule has 0 aromatic carbocycles. The fourth-order valence-electron chi connectivity index (χ4n) is 3.79. The van der Waals surface area contributed by atoms with Crippen molar-refractivity contribution < 1.29 is 4.74 Å². The van der Waals surface area contributed by atoms with Gasteiger partial charge in [0.1, 0.15) is 0 Å². The molecule has 4 heteroatoms. The third kappa shape index (κ3) is 3.73. The van der Waals surface area contributed by atoms with Crippen LogP contribution in [0.15, 0.2) is 0 Å². The Labute approximate surface area is 123 Å². The summed E-state index contributed by atoms with van der Waals surface area (Å²) in [5, 5.41) is 3.59. The summed E-state index contributed by atoms with van der Waals surface area (Å²) in [7, 11) is 0. The van der Waals surface area contributed by atoms with Gasteiger partial charge in [0, 0.05) is 58.5 Å². The molecule has 0 spiro atoms. The second-order valence-corrected chi connectivity index (χ2v) is 6.94. The molecule has 0 unspecified atom stereocenters. The Balaban J connectivity index is 1.50. The Morgan fingerprint density at radius 1 is 1.10 bits per heavy atom. The molecule has 0 aromatic rings. The van der Waals surface area contributed by atoms with Crippen LogP contribution in [0, 0.1) is 5.41 Å². The molecule has 1 saturated carbocycles. The molecule has 1 N–H and O–H groups in total. The van der Waals surface area contributed by atoms with Gasteiger partial charge in [-0.1, -0.05) is 6.92 Å². The molecule has 0 atom stereocenters. The third-order valence-electron chi connectivity index (χ3n) is 5.33. The maximum Gasteiger partial charge on any atom is 0.0472 e. The van der Waals surface area contributed by atoms with E-state index in [0.717, 1.165) is 32.3 Å². The first-order valence-electron chi connectivity index (χ1n) is 8.56. The number of piperazine rings is 1. The van der Waals surface area contributed by atoms with Gasteiger partial charge in [0.05, 0.1) is 0 Å². The first-order valence-corrected chi connectivity index (χ1v) is 8.56. The maximum absolute atomic E-state index is 5.60. The van der Waals surface area contributed by atoms with Crippen LogP contribution in [0.5, 0.6) is 0 Å². The van der Waals surface area contributed by atoms with E-state index in [1.54, 1.807) is 0 Å². The van der Waals surface area contributed by atoms with Crippen LogP contribution < -0.4 is 5.32 Å². The Hall–Kier alpha value is -0.160. The average Bonchev–Trinajstić information content (AvgIpc) is 3.32. The fourth-order valence-corrected chi connectivity index (χ4v) is 3.79. The van der Waals surface area contributed by atoms with Crippen molar-refractivity contribution in [3.63, 3.8) is 0 Å². The SMILES string of the molecule is CCNCC1(CN2CCN(C3CC3)CC2)CCOCC1. The van der Waals surface area contributed by atoms with Crippen LogP contribution in [0.4, 0.5) is 0 Å². The van der Waals surface area contributed by atoms with Gasteiger partial charge in [0.15, 0.2) is 0 Å². The van der Waals surface area contributed by atoms with Crippen LogP contribution in [-0.2, 0) is 4.74 Å². The highest BCUT2D eigenvalue weighted by Gasteiger charge is 2.36. The zero-order chi connectivity index (χ0) is 13.8. The molecule has 3 aliphatic rings. The Morgan fingerprint density at radius 2 is 1.80 bits per heavy atom. The van der Waals surface area contributed by atoms with Gasteiger partial charge in [-0.2, -0.15) is 0 Å². The standard InChI is InChI=1S/C16H31N3O/c1-2-17-13-16(5-11-20-12-6-16)14-18-7-9-19(10-8-18)15-3-4-15/h15,17H,2-14H2,1H3. The quantitative estimate of drug-likeness (QED) is 0.791. The second-order valence-electron chi connectivity index (χ2n) is 6.94. The maximum atomic E-state index is 5.60. The lowest BCUT2D eigenvalue weighted by atomic mass is 9.79. The van der Waals surface area contributed by atoms with Crippen molar-refractivity contribution in [3.8, 4) is 0 Å². The van der Waals surface area contributed by atoms with Gasteiger partial charge in [-0.3, -0.25) is 4.90 Å². The molecule has 3 rings (SSSR count). The minimum Gasteiger partial charge on any atom is -0.381 e. The van der Waals surface area contributed by atoms with E-state index >= 15 is 0 Å². The summed E-state index contributed by atoms with van der Waals surface area (Å²) in [5.41, 5.74) is 0.454. The van der Waals surface area contributed by atoms with Crippen LogP contribution >= 0.6 is 0 Å². The van der Waals surface area contributed by atoms with Gasteiger partial charge in [-0.05, 0) is 37.6 Å². The second kappa shape index (κ2) is 6.73. The van der Waals surface area contributed by atoms with Crippen molar-refractivity contribution in [1.29, 1.82) is 0 Å². The van der Waals surface area contributed by atoms with Crippen LogP contribution in [0.1, 0.15) is 32.6 Å². The topological polar surface area (TPSA) is 27.7 Å². The first-order chi connectivity index (χ1) is 9.81. The summed E-state index contributed by atoms with van der Waals surface area (Å²) in [5.74, 6) is 0. The lowest BCUT2D eigenvalue weighted by molar-refractivity contribution is -0.0126. The summed E-state index contributed by atoms with van der Waals surface area (Å²) < 4.78 is 5.60.